The summed E-state index contributed by atoms with van der Waals surface area (Å²) in [4.78, 5) is 30.0. The van der Waals surface area contributed by atoms with Crippen molar-refractivity contribution in [3.8, 4) is 0 Å². The molecule has 0 radical (unpaired) electrons. The molecule has 0 unspecified atom stereocenters. The van der Waals surface area contributed by atoms with Gasteiger partial charge in [0.05, 0.1) is 17.4 Å². The number of fused-ring (bicyclic) bond motifs is 1. The van der Waals surface area contributed by atoms with Crippen LogP contribution >= 0.6 is 0 Å². The van der Waals surface area contributed by atoms with Gasteiger partial charge < -0.3 is 5.32 Å². The largest absolute Gasteiger partial charge is 0.322 e. The molecule has 3 rings (SSSR count). The molecular formula is C20H29N3O2. The van der Waals surface area contributed by atoms with Crippen LogP contribution in [0.2, 0.25) is 0 Å². The molecule has 0 spiro atoms. The highest BCUT2D eigenvalue weighted by molar-refractivity contribution is 6.15. The van der Waals surface area contributed by atoms with Crippen molar-refractivity contribution in [1.82, 2.24) is 4.90 Å². The summed E-state index contributed by atoms with van der Waals surface area (Å²) in [6.07, 6.45) is 1.21. The van der Waals surface area contributed by atoms with E-state index in [2.05, 4.69) is 24.1 Å². The number of benzene rings is 1. The Labute approximate surface area is 150 Å². The van der Waals surface area contributed by atoms with Gasteiger partial charge in [0.15, 0.2) is 0 Å². The maximum Gasteiger partial charge on any atom is 0.250 e. The van der Waals surface area contributed by atoms with Gasteiger partial charge in [-0.3, -0.25) is 19.4 Å². The molecule has 2 heterocycles. The summed E-state index contributed by atoms with van der Waals surface area (Å²) in [7, 11) is 0. The molecule has 2 amide bonds. The molecule has 0 saturated carbocycles. The molecule has 1 aromatic rings. The number of para-hydroxylation sites is 2. The highest BCUT2D eigenvalue weighted by Gasteiger charge is 2.45. The van der Waals surface area contributed by atoms with E-state index in [1.165, 1.54) is 6.42 Å². The number of piperidine rings is 1. The molecule has 5 heteroatoms. The lowest BCUT2D eigenvalue weighted by atomic mass is 9.90. The van der Waals surface area contributed by atoms with Crippen molar-refractivity contribution >= 4 is 23.2 Å². The molecule has 0 bridgehead atoms. The molecule has 25 heavy (non-hydrogen) atoms. The molecule has 2 aliphatic rings. The standard InChI is InChI=1S/C20H29N3O2/c1-13-10-14(2)12-22(11-13)15(3)18(24)23-17-9-7-6-8-16(17)21-19(25)20(23,4)5/h6-9,13-15H,10-12H2,1-5H3,(H,21,25)/t13-,14+,15-/m0/s1. The first-order valence-corrected chi connectivity index (χ1v) is 9.20. The summed E-state index contributed by atoms with van der Waals surface area (Å²) in [6, 6.07) is 7.28. The Kier molecular flexibility index (Phi) is 4.62. The van der Waals surface area contributed by atoms with Gasteiger partial charge in [0.25, 0.3) is 0 Å². The lowest BCUT2D eigenvalue weighted by Crippen LogP contribution is -2.62. The van der Waals surface area contributed by atoms with Crippen LogP contribution in [0, 0.1) is 11.8 Å². The first-order valence-electron chi connectivity index (χ1n) is 9.20. The Balaban J connectivity index is 1.93. The maximum atomic E-state index is 13.4. The molecule has 0 aromatic heterocycles. The van der Waals surface area contributed by atoms with Gasteiger partial charge in [0.2, 0.25) is 11.8 Å². The van der Waals surface area contributed by atoms with E-state index < -0.39 is 5.54 Å². The predicted molar refractivity (Wildman–Crippen MR) is 101 cm³/mol. The molecule has 5 nitrogen and oxygen atoms in total. The Bertz CT molecular complexity index is 675. The quantitative estimate of drug-likeness (QED) is 0.898. The first-order chi connectivity index (χ1) is 11.7. The molecule has 3 atom stereocenters. The Morgan fingerprint density at radius 1 is 1.20 bits per heavy atom. The van der Waals surface area contributed by atoms with E-state index in [1.54, 1.807) is 4.90 Å². The summed E-state index contributed by atoms with van der Waals surface area (Å²) in [5, 5.41) is 2.92. The molecular weight excluding hydrogens is 314 g/mol. The smallest absolute Gasteiger partial charge is 0.250 e. The summed E-state index contributed by atoms with van der Waals surface area (Å²) in [5.74, 6) is 1.02. The van der Waals surface area contributed by atoms with Crippen LogP contribution in [0.3, 0.4) is 0 Å². The van der Waals surface area contributed by atoms with Gasteiger partial charge in [0, 0.05) is 13.1 Å². The van der Waals surface area contributed by atoms with Gasteiger partial charge in [-0.25, -0.2) is 0 Å². The lowest BCUT2D eigenvalue weighted by Gasteiger charge is -2.45. The van der Waals surface area contributed by atoms with Crippen LogP contribution in [0.15, 0.2) is 24.3 Å². The SMILES string of the molecule is C[C@@H]1C[C@H](C)CN([C@@H](C)C(=O)N2c3ccccc3NC(=O)C2(C)C)C1. The van der Waals surface area contributed by atoms with E-state index >= 15 is 0 Å². The Morgan fingerprint density at radius 3 is 2.44 bits per heavy atom. The number of hydrogen-bond donors (Lipinski definition) is 1. The summed E-state index contributed by atoms with van der Waals surface area (Å²) in [5.41, 5.74) is 0.571. The van der Waals surface area contributed by atoms with Crippen molar-refractivity contribution in [1.29, 1.82) is 0 Å². The topological polar surface area (TPSA) is 52.7 Å². The van der Waals surface area contributed by atoms with E-state index in [0.717, 1.165) is 18.8 Å². The van der Waals surface area contributed by atoms with Crippen LogP contribution in [-0.2, 0) is 9.59 Å². The second-order valence-corrected chi connectivity index (χ2v) is 8.28. The third-order valence-corrected chi connectivity index (χ3v) is 5.53. The zero-order chi connectivity index (χ0) is 18.4. The molecule has 1 N–H and O–H groups in total. The average Bonchev–Trinajstić information content (AvgIpc) is 2.53. The van der Waals surface area contributed by atoms with Crippen molar-refractivity contribution < 1.29 is 9.59 Å². The van der Waals surface area contributed by atoms with E-state index in [-0.39, 0.29) is 17.9 Å². The first kappa shape index (κ1) is 17.9. The minimum atomic E-state index is -0.910. The summed E-state index contributed by atoms with van der Waals surface area (Å²) in [6.45, 7) is 11.9. The van der Waals surface area contributed by atoms with E-state index in [9.17, 15) is 9.59 Å². The van der Waals surface area contributed by atoms with E-state index in [4.69, 9.17) is 0 Å². The van der Waals surface area contributed by atoms with Crippen LogP contribution < -0.4 is 10.2 Å². The fraction of sp³-hybridized carbons (Fsp3) is 0.600. The van der Waals surface area contributed by atoms with Gasteiger partial charge in [0.1, 0.15) is 5.54 Å². The fourth-order valence-electron chi connectivity index (χ4n) is 4.22. The summed E-state index contributed by atoms with van der Waals surface area (Å²) >= 11 is 0. The van der Waals surface area contributed by atoms with Gasteiger partial charge in [-0.2, -0.15) is 0 Å². The number of carbonyl (C=O) groups is 2. The minimum Gasteiger partial charge on any atom is -0.322 e. The number of rotatable bonds is 2. The van der Waals surface area contributed by atoms with Gasteiger partial charge in [-0.05, 0) is 51.2 Å². The van der Waals surface area contributed by atoms with Crippen molar-refractivity contribution in [2.45, 2.75) is 52.6 Å². The highest BCUT2D eigenvalue weighted by Crippen LogP contribution is 2.37. The third kappa shape index (κ3) is 3.17. The molecule has 2 aliphatic heterocycles. The number of anilines is 2. The van der Waals surface area contributed by atoms with Crippen LogP contribution in [0.1, 0.15) is 41.0 Å². The number of nitrogens with zero attached hydrogens (tertiary/aromatic N) is 2. The van der Waals surface area contributed by atoms with Crippen molar-refractivity contribution in [2.24, 2.45) is 11.8 Å². The van der Waals surface area contributed by atoms with Crippen LogP contribution in [0.5, 0.6) is 0 Å². The number of amides is 2. The highest BCUT2D eigenvalue weighted by atomic mass is 16.2. The van der Waals surface area contributed by atoms with E-state index in [0.29, 0.717) is 17.5 Å². The number of nitrogens with one attached hydrogen (secondary N) is 1. The molecule has 1 fully saturated rings. The van der Waals surface area contributed by atoms with E-state index in [1.807, 2.05) is 45.0 Å². The number of likely N-dealkylation sites (tertiary alicyclic amines) is 1. The van der Waals surface area contributed by atoms with Crippen LogP contribution in [0.25, 0.3) is 0 Å². The average molecular weight is 343 g/mol. The van der Waals surface area contributed by atoms with Crippen molar-refractivity contribution in [3.05, 3.63) is 24.3 Å². The monoisotopic (exact) mass is 343 g/mol. The zero-order valence-corrected chi connectivity index (χ0v) is 15.9. The molecule has 0 aliphatic carbocycles. The lowest BCUT2D eigenvalue weighted by molar-refractivity contribution is -0.129. The van der Waals surface area contributed by atoms with Gasteiger partial charge in [-0.1, -0.05) is 26.0 Å². The number of carbonyl (C=O) groups excluding carboxylic acids is 2. The zero-order valence-electron chi connectivity index (χ0n) is 15.9. The predicted octanol–water partition coefficient (Wildman–Crippen LogP) is 3.12. The minimum absolute atomic E-state index is 0.00593. The van der Waals surface area contributed by atoms with Crippen molar-refractivity contribution in [3.63, 3.8) is 0 Å². The molecule has 136 valence electrons. The van der Waals surface area contributed by atoms with Crippen molar-refractivity contribution in [2.75, 3.05) is 23.3 Å². The maximum absolute atomic E-state index is 13.4. The second kappa shape index (κ2) is 6.45. The molecule has 1 aromatic carbocycles. The Morgan fingerprint density at radius 2 is 1.80 bits per heavy atom. The van der Waals surface area contributed by atoms with Crippen LogP contribution in [-0.4, -0.2) is 41.4 Å². The third-order valence-electron chi connectivity index (χ3n) is 5.53. The second-order valence-electron chi connectivity index (χ2n) is 8.28. The van der Waals surface area contributed by atoms with Crippen LogP contribution in [0.4, 0.5) is 11.4 Å². The normalized spacial score (nSPS) is 27.4. The Hall–Kier alpha value is -1.88. The van der Waals surface area contributed by atoms with Gasteiger partial charge >= 0.3 is 0 Å². The molecule has 1 saturated heterocycles. The summed E-state index contributed by atoms with van der Waals surface area (Å²) < 4.78 is 0. The van der Waals surface area contributed by atoms with Gasteiger partial charge in [-0.15, -0.1) is 0 Å². The fourth-order valence-corrected chi connectivity index (χ4v) is 4.22. The number of hydrogen-bond acceptors (Lipinski definition) is 3.